The number of hydrogen-bond acceptors (Lipinski definition) is 4. The molecule has 0 saturated carbocycles. The van der Waals surface area contributed by atoms with Gasteiger partial charge in [0.25, 0.3) is 5.56 Å². The fourth-order valence-electron chi connectivity index (χ4n) is 3.01. The number of nitrogens with one attached hydrogen (secondary N) is 2. The van der Waals surface area contributed by atoms with E-state index in [0.29, 0.717) is 22.6 Å². The minimum absolute atomic E-state index is 0.0502. The van der Waals surface area contributed by atoms with E-state index >= 15 is 0 Å². The molecular weight excluding hydrogens is 384 g/mol. The van der Waals surface area contributed by atoms with Crippen molar-refractivity contribution in [1.29, 1.82) is 0 Å². The molecule has 1 amide bonds. The monoisotopic (exact) mass is 411 g/mol. The molecule has 0 unspecified atom stereocenters. The second-order valence-electron chi connectivity index (χ2n) is 7.38. The third kappa shape index (κ3) is 5.68. The zero-order valence-corrected chi connectivity index (χ0v) is 17.9. The zero-order valence-electron chi connectivity index (χ0n) is 17.1. The number of carbonyl (C=O) groups excluding carboxylic acids is 1. The predicted molar refractivity (Wildman–Crippen MR) is 119 cm³/mol. The molecule has 2 N–H and O–H groups in total. The van der Waals surface area contributed by atoms with Crippen LogP contribution in [0.15, 0.2) is 58.5 Å². The van der Waals surface area contributed by atoms with Crippen LogP contribution in [-0.2, 0) is 11.3 Å². The lowest BCUT2D eigenvalue weighted by molar-refractivity contribution is -0.858. The van der Waals surface area contributed by atoms with Crippen molar-refractivity contribution in [2.75, 3.05) is 31.7 Å². The lowest BCUT2D eigenvalue weighted by Gasteiger charge is -2.14. The van der Waals surface area contributed by atoms with Crippen molar-refractivity contribution in [2.24, 2.45) is 0 Å². The summed E-state index contributed by atoms with van der Waals surface area (Å²) in [4.78, 5) is 31.4. The van der Waals surface area contributed by atoms with Gasteiger partial charge in [-0.1, -0.05) is 41.6 Å². The molecule has 152 valence electrons. The fraction of sp³-hybridized carbons (Fsp3) is 0.318. The number of benzene rings is 2. The largest absolute Gasteiger partial charge is 0.340 e. The first-order valence-electron chi connectivity index (χ1n) is 9.72. The summed E-state index contributed by atoms with van der Waals surface area (Å²) in [6, 6.07) is 15.0. The van der Waals surface area contributed by atoms with Crippen molar-refractivity contribution in [3.8, 4) is 0 Å². The maximum Gasteiger partial charge on any atom is 0.262 e. The van der Waals surface area contributed by atoms with Crippen molar-refractivity contribution in [2.45, 2.75) is 25.0 Å². The van der Waals surface area contributed by atoms with Crippen LogP contribution in [-0.4, -0.2) is 41.9 Å². The van der Waals surface area contributed by atoms with Crippen LogP contribution in [0.3, 0.4) is 0 Å². The highest BCUT2D eigenvalue weighted by Gasteiger charge is 2.13. The number of aromatic nitrogens is 2. The minimum Gasteiger partial charge on any atom is -0.340 e. The van der Waals surface area contributed by atoms with E-state index in [0.717, 1.165) is 24.2 Å². The number of quaternary nitrogens is 1. The first kappa shape index (κ1) is 21.1. The summed E-state index contributed by atoms with van der Waals surface area (Å²) < 4.78 is 1.70. The Morgan fingerprint density at radius 2 is 1.86 bits per heavy atom. The molecule has 0 bridgehead atoms. The van der Waals surface area contributed by atoms with Crippen molar-refractivity contribution in [3.05, 3.63) is 64.4 Å². The molecule has 6 nitrogen and oxygen atoms in total. The van der Waals surface area contributed by atoms with E-state index in [9.17, 15) is 9.59 Å². The van der Waals surface area contributed by atoms with Gasteiger partial charge in [-0.25, -0.2) is 4.98 Å². The average Bonchev–Trinajstić information content (AvgIpc) is 2.70. The maximum absolute atomic E-state index is 13.0. The predicted octanol–water partition coefficient (Wildman–Crippen LogP) is 1.97. The van der Waals surface area contributed by atoms with Gasteiger partial charge in [-0.2, -0.15) is 0 Å². The molecule has 3 aromatic rings. The molecule has 0 aliphatic rings. The van der Waals surface area contributed by atoms with Crippen molar-refractivity contribution < 1.29 is 9.69 Å². The molecule has 7 heteroatoms. The molecule has 0 saturated heterocycles. The minimum atomic E-state index is -0.120. The van der Waals surface area contributed by atoms with Crippen LogP contribution in [0.4, 0.5) is 5.69 Å². The highest BCUT2D eigenvalue weighted by atomic mass is 32.2. The van der Waals surface area contributed by atoms with E-state index in [4.69, 9.17) is 0 Å². The van der Waals surface area contributed by atoms with E-state index in [1.807, 2.05) is 49.4 Å². The van der Waals surface area contributed by atoms with Crippen LogP contribution in [0.2, 0.25) is 0 Å². The summed E-state index contributed by atoms with van der Waals surface area (Å²) in [7, 11) is 4.18. The molecule has 0 aliphatic heterocycles. The Labute approximate surface area is 174 Å². The Bertz CT molecular complexity index is 1040. The number of fused-ring (bicyclic) bond motifs is 1. The standard InChI is InChI=1S/C22H26N4O2S/c1-16-9-11-17(12-10-16)23-20(27)15-29-22-24-19-8-5-4-7-18(19)21(28)26(22)14-6-13-25(2)3/h4-5,7-12H,6,13-15H2,1-3H3,(H,23,27)/p+1. The fourth-order valence-corrected chi connectivity index (χ4v) is 3.84. The highest BCUT2D eigenvalue weighted by molar-refractivity contribution is 7.99. The Hall–Kier alpha value is -2.64. The molecule has 0 radical (unpaired) electrons. The first-order chi connectivity index (χ1) is 13.9. The second kappa shape index (κ2) is 9.71. The summed E-state index contributed by atoms with van der Waals surface area (Å²) in [5.74, 6) is 0.0722. The van der Waals surface area contributed by atoms with Gasteiger partial charge in [0.15, 0.2) is 5.16 Å². The molecular formula is C22H27N4O2S+. The molecule has 1 aromatic heterocycles. The lowest BCUT2D eigenvalue weighted by atomic mass is 10.2. The van der Waals surface area contributed by atoms with E-state index in [1.54, 1.807) is 10.6 Å². The van der Waals surface area contributed by atoms with Gasteiger partial charge in [-0.15, -0.1) is 0 Å². The number of anilines is 1. The van der Waals surface area contributed by atoms with E-state index in [-0.39, 0.29) is 17.2 Å². The third-order valence-corrected chi connectivity index (χ3v) is 5.53. The van der Waals surface area contributed by atoms with E-state index < -0.39 is 0 Å². The topological polar surface area (TPSA) is 68.4 Å². The lowest BCUT2D eigenvalue weighted by Crippen LogP contribution is -3.05. The normalized spacial score (nSPS) is 11.2. The Balaban J connectivity index is 1.78. The highest BCUT2D eigenvalue weighted by Crippen LogP contribution is 2.19. The van der Waals surface area contributed by atoms with Gasteiger partial charge in [0.2, 0.25) is 5.91 Å². The van der Waals surface area contributed by atoms with Crippen LogP contribution >= 0.6 is 11.8 Å². The number of amides is 1. The smallest absolute Gasteiger partial charge is 0.262 e. The van der Waals surface area contributed by atoms with Gasteiger partial charge in [0.05, 0.1) is 37.3 Å². The maximum atomic E-state index is 13.0. The van der Waals surface area contributed by atoms with Crippen LogP contribution < -0.4 is 15.8 Å². The number of nitrogens with zero attached hydrogens (tertiary/aromatic N) is 2. The van der Waals surface area contributed by atoms with Gasteiger partial charge in [0.1, 0.15) is 0 Å². The summed E-state index contributed by atoms with van der Waals surface area (Å²) in [5, 5.41) is 4.08. The van der Waals surface area contributed by atoms with E-state index in [1.165, 1.54) is 16.7 Å². The molecule has 29 heavy (non-hydrogen) atoms. The molecule has 0 aliphatic carbocycles. The number of para-hydroxylation sites is 1. The van der Waals surface area contributed by atoms with Gasteiger partial charge < -0.3 is 10.2 Å². The number of thioether (sulfide) groups is 1. The molecule has 1 heterocycles. The van der Waals surface area contributed by atoms with Gasteiger partial charge in [-0.3, -0.25) is 14.2 Å². The molecule has 2 aromatic carbocycles. The number of aryl methyl sites for hydroxylation is 1. The molecule has 3 rings (SSSR count). The Morgan fingerprint density at radius 3 is 2.59 bits per heavy atom. The second-order valence-corrected chi connectivity index (χ2v) is 8.32. The Morgan fingerprint density at radius 1 is 1.14 bits per heavy atom. The van der Waals surface area contributed by atoms with Gasteiger partial charge in [-0.05, 0) is 31.2 Å². The summed E-state index contributed by atoms with van der Waals surface area (Å²) >= 11 is 1.30. The van der Waals surface area contributed by atoms with Crippen molar-refractivity contribution in [1.82, 2.24) is 9.55 Å². The van der Waals surface area contributed by atoms with Crippen molar-refractivity contribution in [3.63, 3.8) is 0 Å². The van der Waals surface area contributed by atoms with E-state index in [2.05, 4.69) is 24.4 Å². The van der Waals surface area contributed by atoms with Gasteiger partial charge in [0, 0.05) is 18.7 Å². The summed E-state index contributed by atoms with van der Waals surface area (Å²) in [6.45, 7) is 3.55. The van der Waals surface area contributed by atoms with Crippen LogP contribution in [0.5, 0.6) is 0 Å². The average molecular weight is 412 g/mol. The number of rotatable bonds is 8. The third-order valence-electron chi connectivity index (χ3n) is 4.55. The summed E-state index contributed by atoms with van der Waals surface area (Å²) in [6.07, 6.45) is 0.866. The quantitative estimate of drug-likeness (QED) is 0.439. The SMILES string of the molecule is Cc1ccc(NC(=O)CSc2nc3ccccc3c(=O)n2CCC[NH+](C)C)cc1. The number of hydrogen-bond donors (Lipinski definition) is 2. The molecule has 0 atom stereocenters. The molecule has 0 spiro atoms. The molecule has 0 fully saturated rings. The summed E-state index contributed by atoms with van der Waals surface area (Å²) in [5.41, 5.74) is 2.51. The van der Waals surface area contributed by atoms with Crippen molar-refractivity contribution >= 4 is 34.3 Å². The van der Waals surface area contributed by atoms with Crippen LogP contribution in [0.25, 0.3) is 10.9 Å². The number of carbonyl (C=O) groups is 1. The Kier molecular flexibility index (Phi) is 7.06. The first-order valence-corrected chi connectivity index (χ1v) is 10.7. The zero-order chi connectivity index (χ0) is 20.8. The van der Waals surface area contributed by atoms with Crippen LogP contribution in [0.1, 0.15) is 12.0 Å². The van der Waals surface area contributed by atoms with Gasteiger partial charge >= 0.3 is 0 Å². The van der Waals surface area contributed by atoms with Crippen LogP contribution in [0, 0.1) is 6.92 Å².